The number of hydrazone groups is 2. The number of carboxylic acids is 1. The van der Waals surface area contributed by atoms with Crippen molar-refractivity contribution in [3.63, 3.8) is 0 Å². The van der Waals surface area contributed by atoms with Gasteiger partial charge in [0.25, 0.3) is 0 Å². The standard InChI is InChI=1S/C28H38N4O4/c1-19-8-10-25(11-9-19)32-29-22(4)16-24(30-32)18-31(12-13-35-7)17-23-14-20(2)26(21(3)15-23)36-28(5,6)27(33)34/h8-11,14-15H,12-13,16-18H2,1-7H3,(H,33,34). The normalized spacial score (nSPS) is 14.1. The minimum Gasteiger partial charge on any atom is -0.478 e. The van der Waals surface area contributed by atoms with E-state index >= 15 is 0 Å². The molecule has 0 radical (unpaired) electrons. The number of hydrogen-bond acceptors (Lipinski definition) is 7. The topological polar surface area (TPSA) is 87.0 Å². The number of aryl methyl sites for hydroxylation is 3. The van der Waals surface area contributed by atoms with E-state index in [1.54, 1.807) is 26.1 Å². The Hall–Kier alpha value is -3.23. The fourth-order valence-corrected chi connectivity index (χ4v) is 4.11. The molecule has 8 heteroatoms. The zero-order valence-corrected chi connectivity index (χ0v) is 22.5. The first kappa shape index (κ1) is 27.4. The zero-order chi connectivity index (χ0) is 26.5. The summed E-state index contributed by atoms with van der Waals surface area (Å²) in [5.74, 6) is -0.380. The molecule has 0 spiro atoms. The minimum absolute atomic E-state index is 0.605. The summed E-state index contributed by atoms with van der Waals surface area (Å²) in [5, 5.41) is 20.6. The molecule has 8 nitrogen and oxygen atoms in total. The van der Waals surface area contributed by atoms with E-state index in [0.29, 0.717) is 25.4 Å². The summed E-state index contributed by atoms with van der Waals surface area (Å²) in [6.45, 7) is 13.9. The predicted molar refractivity (Wildman–Crippen MR) is 144 cm³/mol. The van der Waals surface area contributed by atoms with Crippen molar-refractivity contribution < 1.29 is 19.4 Å². The second-order valence-electron chi connectivity index (χ2n) is 9.98. The lowest BCUT2D eigenvalue weighted by Crippen LogP contribution is -2.38. The van der Waals surface area contributed by atoms with E-state index in [0.717, 1.165) is 46.8 Å². The molecule has 0 unspecified atom stereocenters. The number of carboxylic acid groups (broad SMARTS) is 1. The fraction of sp³-hybridized carbons (Fsp3) is 0.464. The third kappa shape index (κ3) is 7.15. The zero-order valence-electron chi connectivity index (χ0n) is 22.5. The van der Waals surface area contributed by atoms with E-state index < -0.39 is 11.6 Å². The number of anilines is 1. The molecular weight excluding hydrogens is 456 g/mol. The molecule has 36 heavy (non-hydrogen) atoms. The molecule has 0 atom stereocenters. The van der Waals surface area contributed by atoms with E-state index in [1.165, 1.54) is 5.56 Å². The van der Waals surface area contributed by atoms with Gasteiger partial charge in [-0.1, -0.05) is 29.8 Å². The lowest BCUT2D eigenvalue weighted by molar-refractivity contribution is -0.152. The summed E-state index contributed by atoms with van der Waals surface area (Å²) in [6, 6.07) is 12.3. The first-order valence-corrected chi connectivity index (χ1v) is 12.2. The molecule has 1 aliphatic rings. The number of hydrogen-bond donors (Lipinski definition) is 1. The van der Waals surface area contributed by atoms with Crippen LogP contribution in [-0.2, 0) is 16.1 Å². The van der Waals surface area contributed by atoms with Crippen LogP contribution in [-0.4, -0.2) is 59.8 Å². The molecule has 0 saturated heterocycles. The Kier molecular flexibility index (Phi) is 8.87. The smallest absolute Gasteiger partial charge is 0.347 e. The van der Waals surface area contributed by atoms with Crippen LogP contribution in [0.4, 0.5) is 5.69 Å². The number of ether oxygens (including phenoxy) is 2. The van der Waals surface area contributed by atoms with Crippen LogP contribution < -0.4 is 9.85 Å². The highest BCUT2D eigenvalue weighted by Crippen LogP contribution is 2.29. The van der Waals surface area contributed by atoms with Gasteiger partial charge in [-0.3, -0.25) is 4.90 Å². The van der Waals surface area contributed by atoms with Crippen molar-refractivity contribution in [2.45, 2.75) is 60.1 Å². The van der Waals surface area contributed by atoms with Gasteiger partial charge in [-0.05, 0) is 70.4 Å². The Morgan fingerprint density at radius 3 is 2.28 bits per heavy atom. The number of benzene rings is 2. The third-order valence-corrected chi connectivity index (χ3v) is 6.04. The van der Waals surface area contributed by atoms with E-state index in [1.807, 2.05) is 32.9 Å². The molecule has 0 saturated carbocycles. The van der Waals surface area contributed by atoms with Gasteiger partial charge in [0, 0.05) is 38.9 Å². The van der Waals surface area contributed by atoms with Crippen LogP contribution in [0.5, 0.6) is 5.75 Å². The molecule has 1 N–H and O–H groups in total. The number of aliphatic carboxylic acids is 1. The van der Waals surface area contributed by atoms with Crippen LogP contribution in [0.25, 0.3) is 0 Å². The van der Waals surface area contributed by atoms with Crippen LogP contribution in [0.1, 0.15) is 49.4 Å². The predicted octanol–water partition coefficient (Wildman–Crippen LogP) is 4.94. The summed E-state index contributed by atoms with van der Waals surface area (Å²) in [7, 11) is 1.71. The molecule has 0 amide bonds. The van der Waals surface area contributed by atoms with Crippen LogP contribution in [0, 0.1) is 20.8 Å². The molecule has 1 aliphatic heterocycles. The van der Waals surface area contributed by atoms with Gasteiger partial charge >= 0.3 is 5.97 Å². The molecular formula is C28H38N4O4. The van der Waals surface area contributed by atoms with Gasteiger partial charge < -0.3 is 14.6 Å². The summed E-state index contributed by atoms with van der Waals surface area (Å²) >= 11 is 0. The van der Waals surface area contributed by atoms with Crippen molar-refractivity contribution in [1.29, 1.82) is 0 Å². The lowest BCUT2D eigenvalue weighted by Gasteiger charge is -2.28. The highest BCUT2D eigenvalue weighted by Gasteiger charge is 2.30. The van der Waals surface area contributed by atoms with Crippen LogP contribution in [0.3, 0.4) is 0 Å². The number of methoxy groups -OCH3 is 1. The summed E-state index contributed by atoms with van der Waals surface area (Å²) in [6.07, 6.45) is 0.723. The Morgan fingerprint density at radius 2 is 1.69 bits per heavy atom. The van der Waals surface area contributed by atoms with Gasteiger partial charge in [0.1, 0.15) is 5.75 Å². The highest BCUT2D eigenvalue weighted by atomic mass is 16.5. The van der Waals surface area contributed by atoms with Crippen molar-refractivity contribution in [2.24, 2.45) is 10.2 Å². The van der Waals surface area contributed by atoms with Crippen molar-refractivity contribution in [3.8, 4) is 5.75 Å². The Labute approximate surface area is 214 Å². The molecule has 0 fully saturated rings. The van der Waals surface area contributed by atoms with Gasteiger partial charge in [-0.25, -0.2) is 4.79 Å². The number of nitrogens with zero attached hydrogens (tertiary/aromatic N) is 4. The summed E-state index contributed by atoms with van der Waals surface area (Å²) < 4.78 is 11.2. The van der Waals surface area contributed by atoms with Crippen molar-refractivity contribution in [2.75, 3.05) is 31.9 Å². The van der Waals surface area contributed by atoms with Gasteiger partial charge in [0.05, 0.1) is 18.0 Å². The van der Waals surface area contributed by atoms with E-state index in [2.05, 4.69) is 41.2 Å². The monoisotopic (exact) mass is 494 g/mol. The van der Waals surface area contributed by atoms with Crippen molar-refractivity contribution in [3.05, 3.63) is 58.7 Å². The summed E-state index contributed by atoms with van der Waals surface area (Å²) in [4.78, 5) is 13.8. The minimum atomic E-state index is -1.30. The molecule has 2 aromatic carbocycles. The van der Waals surface area contributed by atoms with Gasteiger partial charge in [0.15, 0.2) is 5.60 Å². The SMILES string of the molecule is COCCN(CC1=NN(c2ccc(C)cc2)N=C(C)C1)Cc1cc(C)c(OC(C)(C)C(=O)O)c(C)c1. The van der Waals surface area contributed by atoms with E-state index in [-0.39, 0.29) is 0 Å². The maximum absolute atomic E-state index is 11.5. The molecule has 194 valence electrons. The van der Waals surface area contributed by atoms with Gasteiger partial charge in [0.2, 0.25) is 0 Å². The van der Waals surface area contributed by atoms with E-state index in [4.69, 9.17) is 14.6 Å². The second kappa shape index (κ2) is 11.7. The maximum Gasteiger partial charge on any atom is 0.347 e. The lowest BCUT2D eigenvalue weighted by atomic mass is 10.0. The first-order valence-electron chi connectivity index (χ1n) is 12.2. The van der Waals surface area contributed by atoms with Crippen LogP contribution in [0.15, 0.2) is 46.6 Å². The molecule has 0 aliphatic carbocycles. The van der Waals surface area contributed by atoms with Crippen LogP contribution in [0.2, 0.25) is 0 Å². The van der Waals surface area contributed by atoms with E-state index in [9.17, 15) is 9.90 Å². The maximum atomic E-state index is 11.5. The number of rotatable bonds is 11. The Bertz CT molecular complexity index is 1120. The molecule has 3 rings (SSSR count). The highest BCUT2D eigenvalue weighted by molar-refractivity contribution is 6.06. The van der Waals surface area contributed by atoms with Gasteiger partial charge in [-0.15, -0.1) is 0 Å². The molecule has 1 heterocycles. The van der Waals surface area contributed by atoms with Crippen molar-refractivity contribution in [1.82, 2.24) is 4.90 Å². The third-order valence-electron chi connectivity index (χ3n) is 6.04. The van der Waals surface area contributed by atoms with Gasteiger partial charge in [-0.2, -0.15) is 15.3 Å². The Morgan fingerprint density at radius 1 is 1.06 bits per heavy atom. The molecule has 0 bridgehead atoms. The van der Waals surface area contributed by atoms with Crippen molar-refractivity contribution >= 4 is 23.1 Å². The molecule has 2 aromatic rings. The Balaban J connectivity index is 1.79. The molecule has 0 aromatic heterocycles. The fourth-order valence-electron chi connectivity index (χ4n) is 4.11. The quantitative estimate of drug-likeness (QED) is 0.476. The average molecular weight is 495 g/mol. The summed E-state index contributed by atoms with van der Waals surface area (Å²) in [5.41, 5.74) is 5.83. The number of carbonyl (C=O) groups is 1. The first-order chi connectivity index (χ1) is 17.0. The second-order valence-corrected chi connectivity index (χ2v) is 9.98. The van der Waals surface area contributed by atoms with Crippen LogP contribution >= 0.6 is 0 Å². The largest absolute Gasteiger partial charge is 0.478 e. The average Bonchev–Trinajstić information content (AvgIpc) is 2.80.